The van der Waals surface area contributed by atoms with Gasteiger partial charge in [0.15, 0.2) is 0 Å². The average molecular weight is 137 g/mol. The zero-order chi connectivity index (χ0) is 7.40. The molecule has 0 bridgehead atoms. The quantitative estimate of drug-likeness (QED) is 0.547. The first-order valence-electron chi connectivity index (χ1n) is 4.30. The topological polar surface area (TPSA) is 0 Å². The van der Waals surface area contributed by atoms with Crippen molar-refractivity contribution in [3.63, 3.8) is 0 Å². The van der Waals surface area contributed by atoms with E-state index >= 15 is 0 Å². The fraction of sp³-hybridized carbons (Fsp3) is 0.700. The SMILES string of the molecule is CC(C)C[C]1C=CCCC1. The molecule has 0 amide bonds. The maximum absolute atomic E-state index is 2.32. The molecule has 0 aliphatic heterocycles. The second-order valence-corrected chi connectivity index (χ2v) is 3.55. The Labute approximate surface area is 64.3 Å². The van der Waals surface area contributed by atoms with Gasteiger partial charge in [0.25, 0.3) is 0 Å². The minimum absolute atomic E-state index is 0.831. The molecule has 0 atom stereocenters. The molecule has 1 aliphatic rings. The molecule has 0 saturated carbocycles. The first-order valence-corrected chi connectivity index (χ1v) is 4.30. The highest BCUT2D eigenvalue weighted by molar-refractivity contribution is 5.13. The van der Waals surface area contributed by atoms with E-state index in [-0.39, 0.29) is 0 Å². The van der Waals surface area contributed by atoms with Gasteiger partial charge in [0.05, 0.1) is 0 Å². The molecular weight excluding hydrogens is 120 g/mol. The van der Waals surface area contributed by atoms with Crippen molar-refractivity contribution in [1.82, 2.24) is 0 Å². The zero-order valence-electron chi connectivity index (χ0n) is 7.06. The van der Waals surface area contributed by atoms with Gasteiger partial charge in [-0.15, -0.1) is 0 Å². The first kappa shape index (κ1) is 7.84. The molecule has 0 aromatic rings. The van der Waals surface area contributed by atoms with Crippen molar-refractivity contribution in [3.8, 4) is 0 Å². The predicted molar refractivity (Wildman–Crippen MR) is 45.7 cm³/mol. The molecule has 0 heteroatoms. The fourth-order valence-corrected chi connectivity index (χ4v) is 1.47. The van der Waals surface area contributed by atoms with Crippen molar-refractivity contribution in [3.05, 3.63) is 18.1 Å². The lowest BCUT2D eigenvalue weighted by Crippen LogP contribution is -2.01. The minimum Gasteiger partial charge on any atom is -0.0879 e. The highest BCUT2D eigenvalue weighted by atomic mass is 14.1. The Morgan fingerprint density at radius 2 is 2.30 bits per heavy atom. The molecule has 1 aliphatic carbocycles. The number of rotatable bonds is 2. The van der Waals surface area contributed by atoms with Crippen molar-refractivity contribution < 1.29 is 0 Å². The lowest BCUT2D eigenvalue weighted by atomic mass is 9.89. The third-order valence-electron chi connectivity index (χ3n) is 1.89. The van der Waals surface area contributed by atoms with Crippen molar-refractivity contribution in [1.29, 1.82) is 0 Å². The van der Waals surface area contributed by atoms with Gasteiger partial charge in [-0.25, -0.2) is 0 Å². The van der Waals surface area contributed by atoms with Crippen molar-refractivity contribution in [2.24, 2.45) is 5.92 Å². The summed E-state index contributed by atoms with van der Waals surface area (Å²) in [6, 6.07) is 0. The standard InChI is InChI=1S/C10H17/c1-9(2)8-10-6-4-3-5-7-10/h4,6,9H,3,5,7-8H2,1-2H3. The largest absolute Gasteiger partial charge is 0.0879 e. The van der Waals surface area contributed by atoms with E-state index in [4.69, 9.17) is 0 Å². The van der Waals surface area contributed by atoms with Crippen LogP contribution in [-0.2, 0) is 0 Å². The van der Waals surface area contributed by atoms with Gasteiger partial charge in [-0.2, -0.15) is 0 Å². The highest BCUT2D eigenvalue weighted by Crippen LogP contribution is 2.25. The van der Waals surface area contributed by atoms with Crippen LogP contribution >= 0.6 is 0 Å². The smallest absolute Gasteiger partial charge is 0.00247 e. The Bertz CT molecular complexity index is 111. The number of allylic oxidation sites excluding steroid dienone is 2. The Morgan fingerprint density at radius 3 is 2.80 bits per heavy atom. The summed E-state index contributed by atoms with van der Waals surface area (Å²) in [6.45, 7) is 4.57. The Hall–Kier alpha value is -0.260. The van der Waals surface area contributed by atoms with Crippen LogP contribution in [-0.4, -0.2) is 0 Å². The van der Waals surface area contributed by atoms with Crippen LogP contribution in [0.1, 0.15) is 39.5 Å². The Kier molecular flexibility index (Phi) is 2.98. The summed E-state index contributed by atoms with van der Waals surface area (Å²) in [5.41, 5.74) is 0. The molecule has 0 saturated heterocycles. The Balaban J connectivity index is 2.26. The van der Waals surface area contributed by atoms with Crippen LogP contribution in [0.2, 0.25) is 0 Å². The molecule has 0 fully saturated rings. The summed E-state index contributed by atoms with van der Waals surface area (Å²) in [5.74, 6) is 2.49. The summed E-state index contributed by atoms with van der Waals surface area (Å²) >= 11 is 0. The van der Waals surface area contributed by atoms with Crippen molar-refractivity contribution >= 4 is 0 Å². The van der Waals surface area contributed by atoms with Gasteiger partial charge < -0.3 is 0 Å². The molecule has 0 aromatic carbocycles. The fourth-order valence-electron chi connectivity index (χ4n) is 1.47. The van der Waals surface area contributed by atoms with Gasteiger partial charge >= 0.3 is 0 Å². The summed E-state index contributed by atoms with van der Waals surface area (Å²) < 4.78 is 0. The molecule has 0 unspecified atom stereocenters. The molecule has 0 N–H and O–H groups in total. The molecule has 1 rings (SSSR count). The normalized spacial score (nSPS) is 20.3. The summed E-state index contributed by atoms with van der Waals surface area (Å²) in [6.07, 6.45) is 9.94. The van der Waals surface area contributed by atoms with E-state index in [9.17, 15) is 0 Å². The van der Waals surface area contributed by atoms with Gasteiger partial charge in [-0.3, -0.25) is 0 Å². The third-order valence-corrected chi connectivity index (χ3v) is 1.89. The van der Waals surface area contributed by atoms with Crippen LogP contribution in [0.4, 0.5) is 0 Å². The Morgan fingerprint density at radius 1 is 1.50 bits per heavy atom. The van der Waals surface area contributed by atoms with Gasteiger partial charge in [-0.1, -0.05) is 26.0 Å². The van der Waals surface area contributed by atoms with E-state index in [2.05, 4.69) is 26.0 Å². The van der Waals surface area contributed by atoms with Crippen LogP contribution in [0.3, 0.4) is 0 Å². The second kappa shape index (κ2) is 3.80. The molecule has 10 heavy (non-hydrogen) atoms. The van der Waals surface area contributed by atoms with E-state index in [0.29, 0.717) is 0 Å². The highest BCUT2D eigenvalue weighted by Gasteiger charge is 2.09. The van der Waals surface area contributed by atoms with Gasteiger partial charge in [-0.05, 0) is 37.5 Å². The minimum atomic E-state index is 0.831. The van der Waals surface area contributed by atoms with E-state index in [0.717, 1.165) is 5.92 Å². The summed E-state index contributed by atoms with van der Waals surface area (Å²) in [7, 11) is 0. The summed E-state index contributed by atoms with van der Waals surface area (Å²) in [5, 5.41) is 0. The summed E-state index contributed by atoms with van der Waals surface area (Å²) in [4.78, 5) is 0. The van der Waals surface area contributed by atoms with Crippen molar-refractivity contribution in [2.75, 3.05) is 0 Å². The molecule has 0 nitrogen and oxygen atoms in total. The maximum Gasteiger partial charge on any atom is -0.00247 e. The molecule has 0 spiro atoms. The second-order valence-electron chi connectivity index (χ2n) is 3.55. The van der Waals surface area contributed by atoms with E-state index < -0.39 is 0 Å². The van der Waals surface area contributed by atoms with Crippen LogP contribution in [0, 0.1) is 11.8 Å². The van der Waals surface area contributed by atoms with Gasteiger partial charge in [0.2, 0.25) is 0 Å². The van der Waals surface area contributed by atoms with Crippen LogP contribution in [0.5, 0.6) is 0 Å². The lowest BCUT2D eigenvalue weighted by molar-refractivity contribution is 0.570. The molecular formula is C10H17. The number of hydrogen-bond acceptors (Lipinski definition) is 0. The first-order chi connectivity index (χ1) is 4.79. The molecule has 0 heterocycles. The molecule has 57 valence electrons. The lowest BCUT2D eigenvalue weighted by Gasteiger charge is -2.16. The monoisotopic (exact) mass is 137 g/mol. The van der Waals surface area contributed by atoms with Gasteiger partial charge in [0.1, 0.15) is 0 Å². The molecule has 0 aromatic heterocycles. The van der Waals surface area contributed by atoms with Crippen LogP contribution in [0.15, 0.2) is 12.2 Å². The predicted octanol–water partition coefficient (Wildman–Crippen LogP) is 3.35. The number of hydrogen-bond donors (Lipinski definition) is 0. The van der Waals surface area contributed by atoms with Crippen LogP contribution in [0.25, 0.3) is 0 Å². The average Bonchev–Trinajstić information content (AvgIpc) is 1.88. The van der Waals surface area contributed by atoms with E-state index in [1.165, 1.54) is 25.7 Å². The van der Waals surface area contributed by atoms with Crippen LogP contribution < -0.4 is 0 Å². The van der Waals surface area contributed by atoms with E-state index in [1.54, 1.807) is 5.92 Å². The zero-order valence-corrected chi connectivity index (χ0v) is 7.06. The molecule has 1 radical (unpaired) electrons. The van der Waals surface area contributed by atoms with Gasteiger partial charge in [0, 0.05) is 0 Å². The van der Waals surface area contributed by atoms with Crippen molar-refractivity contribution in [2.45, 2.75) is 39.5 Å². The van der Waals surface area contributed by atoms with E-state index in [1.807, 2.05) is 0 Å². The maximum atomic E-state index is 2.32. The third kappa shape index (κ3) is 2.55.